The molecule has 4 rings (SSSR count). The van der Waals surface area contributed by atoms with Crippen LogP contribution in [0.2, 0.25) is 0 Å². The minimum Gasteiger partial charge on any atom is -0.473 e. The molecule has 0 unspecified atom stereocenters. The molecule has 0 aliphatic heterocycles. The zero-order valence-electron chi connectivity index (χ0n) is 13.2. The zero-order chi connectivity index (χ0) is 17.2. The number of ether oxygens (including phenoxy) is 1. The molecule has 0 saturated heterocycles. The Bertz CT molecular complexity index is 1000. The summed E-state index contributed by atoms with van der Waals surface area (Å²) in [7, 11) is 0. The van der Waals surface area contributed by atoms with Gasteiger partial charge < -0.3 is 4.74 Å². The summed E-state index contributed by atoms with van der Waals surface area (Å²) in [5.74, 6) is 0.518. The molecule has 4 heterocycles. The lowest BCUT2D eigenvalue weighted by Gasteiger charge is -2.13. The van der Waals surface area contributed by atoms with Crippen molar-refractivity contribution in [1.82, 2.24) is 39.8 Å². The van der Waals surface area contributed by atoms with Gasteiger partial charge in [0.2, 0.25) is 5.88 Å². The van der Waals surface area contributed by atoms with E-state index in [-0.39, 0.29) is 6.10 Å². The lowest BCUT2D eigenvalue weighted by atomic mass is 10.2. The normalized spacial score (nSPS) is 12.4. The van der Waals surface area contributed by atoms with Gasteiger partial charge in [-0.2, -0.15) is 5.10 Å². The van der Waals surface area contributed by atoms with Crippen LogP contribution >= 0.6 is 15.9 Å². The average Bonchev–Trinajstić information content (AvgIpc) is 3.25. The molecule has 0 bridgehead atoms. The molecule has 4 aromatic rings. The van der Waals surface area contributed by atoms with Crippen molar-refractivity contribution >= 4 is 21.6 Å². The van der Waals surface area contributed by atoms with Gasteiger partial charge in [0.15, 0.2) is 5.65 Å². The summed E-state index contributed by atoms with van der Waals surface area (Å²) in [5.41, 5.74) is 2.21. The topological polar surface area (TPSA) is 95.9 Å². The predicted octanol–water partition coefficient (Wildman–Crippen LogP) is 2.01. The Labute approximate surface area is 150 Å². The number of halogens is 1. The van der Waals surface area contributed by atoms with Crippen LogP contribution in [0.1, 0.15) is 6.92 Å². The monoisotopic (exact) mass is 400 g/mol. The summed E-state index contributed by atoms with van der Waals surface area (Å²) in [4.78, 5) is 8.77. The van der Waals surface area contributed by atoms with Gasteiger partial charge in [-0.15, -0.1) is 5.10 Å². The van der Waals surface area contributed by atoms with Crippen LogP contribution in [0, 0.1) is 0 Å². The van der Waals surface area contributed by atoms with E-state index in [9.17, 15) is 0 Å². The molecule has 4 aromatic heterocycles. The van der Waals surface area contributed by atoms with Gasteiger partial charge in [-0.05, 0) is 51.5 Å². The van der Waals surface area contributed by atoms with Crippen LogP contribution in [0.3, 0.4) is 0 Å². The number of imidazole rings is 1. The van der Waals surface area contributed by atoms with E-state index in [1.807, 2.05) is 37.3 Å². The fourth-order valence-electron chi connectivity index (χ4n) is 2.38. The Morgan fingerprint density at radius 3 is 2.96 bits per heavy atom. The SMILES string of the molecule is C[C@@H](Cn1cnnn1)Oc1cccc(-c2ccc3ncc(Br)n3n2)n1. The largest absolute Gasteiger partial charge is 0.473 e. The summed E-state index contributed by atoms with van der Waals surface area (Å²) in [5, 5.41) is 15.6. The second-order valence-electron chi connectivity index (χ2n) is 5.39. The molecular formula is C15H13BrN8O. The van der Waals surface area contributed by atoms with E-state index in [4.69, 9.17) is 4.74 Å². The maximum absolute atomic E-state index is 5.86. The van der Waals surface area contributed by atoms with E-state index < -0.39 is 0 Å². The minimum atomic E-state index is -0.135. The van der Waals surface area contributed by atoms with Crippen molar-refractivity contribution in [2.75, 3.05) is 0 Å². The number of pyridine rings is 1. The first kappa shape index (κ1) is 15.6. The van der Waals surface area contributed by atoms with Gasteiger partial charge >= 0.3 is 0 Å². The minimum absolute atomic E-state index is 0.135. The maximum atomic E-state index is 5.86. The standard InChI is InChI=1S/C15H13BrN8O/c1-10(8-23-9-18-21-22-23)25-15-4-2-3-11(19-15)12-5-6-14-17-7-13(16)24(14)20-12/h2-7,9-10H,8H2,1H3/t10-/m0/s1. The molecule has 0 saturated carbocycles. The van der Waals surface area contributed by atoms with Gasteiger partial charge in [0.1, 0.15) is 22.7 Å². The number of tetrazole rings is 1. The lowest BCUT2D eigenvalue weighted by Crippen LogP contribution is -2.20. The van der Waals surface area contributed by atoms with Crippen molar-refractivity contribution in [2.24, 2.45) is 0 Å². The van der Waals surface area contributed by atoms with Crippen LogP contribution in [0.15, 0.2) is 47.5 Å². The number of hydrogen-bond donors (Lipinski definition) is 0. The quantitative estimate of drug-likeness (QED) is 0.505. The number of rotatable bonds is 5. The molecule has 0 aromatic carbocycles. The molecule has 0 N–H and O–H groups in total. The molecule has 0 aliphatic rings. The molecule has 0 radical (unpaired) electrons. The van der Waals surface area contributed by atoms with E-state index in [1.165, 1.54) is 0 Å². The van der Waals surface area contributed by atoms with Crippen molar-refractivity contribution in [3.8, 4) is 17.3 Å². The molecule has 0 spiro atoms. The van der Waals surface area contributed by atoms with Gasteiger partial charge in [0.05, 0.1) is 18.4 Å². The van der Waals surface area contributed by atoms with Gasteiger partial charge in [-0.1, -0.05) is 6.07 Å². The van der Waals surface area contributed by atoms with E-state index in [0.29, 0.717) is 12.4 Å². The highest BCUT2D eigenvalue weighted by Gasteiger charge is 2.10. The van der Waals surface area contributed by atoms with Gasteiger partial charge in [0.25, 0.3) is 0 Å². The Balaban J connectivity index is 1.56. The summed E-state index contributed by atoms with van der Waals surface area (Å²) in [6.45, 7) is 2.47. The number of fused-ring (bicyclic) bond motifs is 1. The third kappa shape index (κ3) is 3.33. The highest BCUT2D eigenvalue weighted by molar-refractivity contribution is 9.10. The summed E-state index contributed by atoms with van der Waals surface area (Å²) >= 11 is 3.42. The van der Waals surface area contributed by atoms with E-state index in [2.05, 4.69) is 46.5 Å². The van der Waals surface area contributed by atoms with Crippen molar-refractivity contribution in [1.29, 1.82) is 0 Å². The van der Waals surface area contributed by atoms with Gasteiger partial charge in [0, 0.05) is 6.07 Å². The van der Waals surface area contributed by atoms with Crippen LogP contribution in [-0.4, -0.2) is 45.9 Å². The maximum Gasteiger partial charge on any atom is 0.214 e. The molecule has 0 amide bonds. The van der Waals surface area contributed by atoms with Crippen LogP contribution in [0.5, 0.6) is 5.88 Å². The van der Waals surface area contributed by atoms with Crippen molar-refractivity contribution < 1.29 is 4.74 Å². The summed E-state index contributed by atoms with van der Waals surface area (Å²) in [6.07, 6.45) is 3.12. The van der Waals surface area contributed by atoms with Gasteiger partial charge in [-0.3, -0.25) is 0 Å². The Kier molecular flexibility index (Phi) is 4.10. The average molecular weight is 401 g/mol. The first-order valence-corrected chi connectivity index (χ1v) is 8.33. The van der Waals surface area contributed by atoms with Crippen molar-refractivity contribution in [3.05, 3.63) is 47.5 Å². The number of hydrogen-bond acceptors (Lipinski definition) is 7. The van der Waals surface area contributed by atoms with Gasteiger partial charge in [-0.25, -0.2) is 19.2 Å². The van der Waals surface area contributed by atoms with E-state index in [0.717, 1.165) is 21.6 Å². The fraction of sp³-hybridized carbons (Fsp3) is 0.200. The zero-order valence-corrected chi connectivity index (χ0v) is 14.8. The number of nitrogens with zero attached hydrogens (tertiary/aromatic N) is 8. The van der Waals surface area contributed by atoms with Crippen LogP contribution in [0.4, 0.5) is 0 Å². The van der Waals surface area contributed by atoms with Crippen molar-refractivity contribution in [2.45, 2.75) is 19.6 Å². The van der Waals surface area contributed by atoms with Crippen LogP contribution in [0.25, 0.3) is 17.0 Å². The molecule has 0 fully saturated rings. The summed E-state index contributed by atoms with van der Waals surface area (Å²) < 4.78 is 9.97. The Morgan fingerprint density at radius 1 is 1.20 bits per heavy atom. The molecular weight excluding hydrogens is 388 g/mol. The summed E-state index contributed by atoms with van der Waals surface area (Å²) in [6, 6.07) is 9.35. The third-order valence-corrected chi connectivity index (χ3v) is 4.00. The smallest absolute Gasteiger partial charge is 0.214 e. The molecule has 9 nitrogen and oxygen atoms in total. The van der Waals surface area contributed by atoms with E-state index >= 15 is 0 Å². The molecule has 1 atom stereocenters. The van der Waals surface area contributed by atoms with Crippen molar-refractivity contribution in [3.63, 3.8) is 0 Å². The lowest BCUT2D eigenvalue weighted by molar-refractivity contribution is 0.185. The van der Waals surface area contributed by atoms with Crippen LogP contribution in [-0.2, 0) is 6.54 Å². The van der Waals surface area contributed by atoms with E-state index in [1.54, 1.807) is 21.7 Å². The Hall–Kier alpha value is -2.88. The second kappa shape index (κ2) is 6.55. The highest BCUT2D eigenvalue weighted by atomic mass is 79.9. The third-order valence-electron chi connectivity index (χ3n) is 3.46. The second-order valence-corrected chi connectivity index (χ2v) is 6.20. The predicted molar refractivity (Wildman–Crippen MR) is 91.8 cm³/mol. The first-order valence-electron chi connectivity index (χ1n) is 7.54. The first-order chi connectivity index (χ1) is 12.2. The number of aromatic nitrogens is 8. The van der Waals surface area contributed by atoms with Crippen LogP contribution < -0.4 is 4.74 Å². The highest BCUT2D eigenvalue weighted by Crippen LogP contribution is 2.20. The fourth-order valence-corrected chi connectivity index (χ4v) is 2.74. The molecule has 0 aliphatic carbocycles. The molecule has 25 heavy (non-hydrogen) atoms. The molecule has 126 valence electrons. The Morgan fingerprint density at radius 2 is 2.12 bits per heavy atom. The molecule has 10 heteroatoms.